The first kappa shape index (κ1) is 11.9. The first-order valence-corrected chi connectivity index (χ1v) is 5.87. The Bertz CT molecular complexity index is 529. The zero-order valence-corrected chi connectivity index (χ0v) is 10.4. The molecule has 1 nitrogen and oxygen atoms in total. The molecule has 0 spiro atoms. The molecule has 0 saturated heterocycles. The van der Waals surface area contributed by atoms with Crippen LogP contribution in [-0.4, -0.2) is 5.78 Å². The van der Waals surface area contributed by atoms with Crippen LogP contribution >= 0.6 is 11.6 Å². The molecule has 0 N–H and O–H groups in total. The van der Waals surface area contributed by atoms with E-state index in [2.05, 4.69) is 0 Å². The van der Waals surface area contributed by atoms with Crippen molar-refractivity contribution in [1.82, 2.24) is 0 Å². The van der Waals surface area contributed by atoms with Gasteiger partial charge in [0, 0.05) is 10.6 Å². The van der Waals surface area contributed by atoms with Gasteiger partial charge in [-0.05, 0) is 42.7 Å². The van der Waals surface area contributed by atoms with Crippen LogP contribution in [0.25, 0.3) is 0 Å². The van der Waals surface area contributed by atoms with Crippen LogP contribution in [0.5, 0.6) is 0 Å². The van der Waals surface area contributed by atoms with Gasteiger partial charge in [-0.2, -0.15) is 0 Å². The maximum atomic E-state index is 11.3. The van der Waals surface area contributed by atoms with Gasteiger partial charge in [-0.3, -0.25) is 4.79 Å². The van der Waals surface area contributed by atoms with Crippen molar-refractivity contribution < 1.29 is 4.79 Å². The average Bonchev–Trinajstić information content (AvgIpc) is 2.32. The Hall–Kier alpha value is -1.60. The smallest absolute Gasteiger partial charge is 0.159 e. The van der Waals surface area contributed by atoms with E-state index >= 15 is 0 Å². The second-order valence-corrected chi connectivity index (χ2v) is 4.50. The van der Waals surface area contributed by atoms with Gasteiger partial charge >= 0.3 is 0 Å². The molecular formula is C15H13ClO. The largest absolute Gasteiger partial charge is 0.295 e. The van der Waals surface area contributed by atoms with Gasteiger partial charge < -0.3 is 0 Å². The fraction of sp³-hybridized carbons (Fsp3) is 0.133. The lowest BCUT2D eigenvalue weighted by molar-refractivity contribution is 0.101. The Kier molecular flexibility index (Phi) is 3.60. The summed E-state index contributed by atoms with van der Waals surface area (Å²) < 4.78 is 0. The first-order valence-electron chi connectivity index (χ1n) is 5.49. The van der Waals surface area contributed by atoms with Gasteiger partial charge in [0.1, 0.15) is 0 Å². The van der Waals surface area contributed by atoms with E-state index in [0.29, 0.717) is 0 Å². The second-order valence-electron chi connectivity index (χ2n) is 4.06. The molecule has 0 heterocycles. The molecule has 0 aliphatic carbocycles. The Morgan fingerprint density at radius 1 is 1.06 bits per heavy atom. The highest BCUT2D eigenvalue weighted by molar-refractivity contribution is 6.30. The van der Waals surface area contributed by atoms with Gasteiger partial charge in [-0.1, -0.05) is 41.9 Å². The topological polar surface area (TPSA) is 17.1 Å². The van der Waals surface area contributed by atoms with Gasteiger partial charge in [0.25, 0.3) is 0 Å². The lowest BCUT2D eigenvalue weighted by Gasteiger charge is -2.04. The van der Waals surface area contributed by atoms with Crippen molar-refractivity contribution in [1.29, 1.82) is 0 Å². The summed E-state index contributed by atoms with van der Waals surface area (Å²) in [6.07, 6.45) is 0.818. The van der Waals surface area contributed by atoms with Crippen molar-refractivity contribution in [3.05, 3.63) is 70.2 Å². The Balaban J connectivity index is 2.21. The van der Waals surface area contributed by atoms with Crippen molar-refractivity contribution in [2.45, 2.75) is 13.3 Å². The molecule has 2 heteroatoms. The summed E-state index contributed by atoms with van der Waals surface area (Å²) >= 11 is 5.84. The quantitative estimate of drug-likeness (QED) is 0.742. The molecular weight excluding hydrogens is 232 g/mol. The minimum absolute atomic E-state index is 0.1000. The molecule has 2 aromatic carbocycles. The van der Waals surface area contributed by atoms with Crippen molar-refractivity contribution in [3.63, 3.8) is 0 Å². The summed E-state index contributed by atoms with van der Waals surface area (Å²) in [5.41, 5.74) is 3.09. The molecule has 0 amide bonds. The summed E-state index contributed by atoms with van der Waals surface area (Å²) in [6, 6.07) is 15.5. The van der Waals surface area contributed by atoms with Crippen LogP contribution in [0, 0.1) is 0 Å². The van der Waals surface area contributed by atoms with E-state index in [0.717, 1.165) is 22.6 Å². The van der Waals surface area contributed by atoms with Gasteiger partial charge in [0.15, 0.2) is 5.78 Å². The summed E-state index contributed by atoms with van der Waals surface area (Å²) in [5.74, 6) is 0.1000. The predicted molar refractivity (Wildman–Crippen MR) is 70.7 cm³/mol. The molecule has 0 radical (unpaired) electrons. The van der Waals surface area contributed by atoms with Crippen LogP contribution in [0.2, 0.25) is 5.02 Å². The lowest BCUT2D eigenvalue weighted by Crippen LogP contribution is -1.94. The van der Waals surface area contributed by atoms with Crippen molar-refractivity contribution in [3.8, 4) is 0 Å². The maximum Gasteiger partial charge on any atom is 0.159 e. The zero-order valence-electron chi connectivity index (χ0n) is 9.61. The summed E-state index contributed by atoms with van der Waals surface area (Å²) in [5, 5.41) is 0.742. The fourth-order valence-electron chi connectivity index (χ4n) is 1.74. The van der Waals surface area contributed by atoms with Crippen LogP contribution in [0.1, 0.15) is 28.4 Å². The van der Waals surface area contributed by atoms with Gasteiger partial charge in [0.2, 0.25) is 0 Å². The third-order valence-corrected chi connectivity index (χ3v) is 2.91. The van der Waals surface area contributed by atoms with Gasteiger partial charge in [-0.15, -0.1) is 0 Å². The molecule has 0 unspecified atom stereocenters. The Morgan fingerprint density at radius 3 is 2.41 bits per heavy atom. The first-order chi connectivity index (χ1) is 8.15. The molecule has 0 aromatic heterocycles. The zero-order chi connectivity index (χ0) is 12.3. The van der Waals surface area contributed by atoms with E-state index in [1.54, 1.807) is 6.92 Å². The lowest BCUT2D eigenvalue weighted by atomic mass is 10.0. The van der Waals surface area contributed by atoms with Crippen LogP contribution in [0.4, 0.5) is 0 Å². The number of hydrogen-bond acceptors (Lipinski definition) is 1. The van der Waals surface area contributed by atoms with Crippen molar-refractivity contribution in [2.75, 3.05) is 0 Å². The number of benzene rings is 2. The number of carbonyl (C=O) groups is 1. The molecule has 2 rings (SSSR count). The normalized spacial score (nSPS) is 10.2. The number of rotatable bonds is 3. The molecule has 86 valence electrons. The van der Waals surface area contributed by atoms with Gasteiger partial charge in [-0.25, -0.2) is 0 Å². The minimum atomic E-state index is 0.1000. The average molecular weight is 245 g/mol. The van der Waals surface area contributed by atoms with Crippen LogP contribution in [0.15, 0.2) is 48.5 Å². The minimum Gasteiger partial charge on any atom is -0.295 e. The number of carbonyl (C=O) groups excluding carboxylic acids is 1. The number of Topliss-reactive ketones (excluding diaryl/α,β-unsaturated/α-hetero) is 1. The van der Waals surface area contributed by atoms with Crippen LogP contribution in [0.3, 0.4) is 0 Å². The SMILES string of the molecule is CC(=O)c1cccc(Cc2ccc(Cl)cc2)c1. The second kappa shape index (κ2) is 5.15. The van der Waals surface area contributed by atoms with E-state index < -0.39 is 0 Å². The molecule has 0 fully saturated rings. The summed E-state index contributed by atoms with van der Waals surface area (Å²) in [4.78, 5) is 11.3. The monoisotopic (exact) mass is 244 g/mol. The third kappa shape index (κ3) is 3.18. The van der Waals surface area contributed by atoms with Crippen LogP contribution < -0.4 is 0 Å². The van der Waals surface area contributed by atoms with Gasteiger partial charge in [0.05, 0.1) is 0 Å². The van der Waals surface area contributed by atoms with Crippen LogP contribution in [-0.2, 0) is 6.42 Å². The van der Waals surface area contributed by atoms with Crippen molar-refractivity contribution in [2.24, 2.45) is 0 Å². The molecule has 0 aliphatic rings. The summed E-state index contributed by atoms with van der Waals surface area (Å²) in [6.45, 7) is 1.58. The maximum absolute atomic E-state index is 11.3. The predicted octanol–water partition coefficient (Wildman–Crippen LogP) is 4.13. The van der Waals surface area contributed by atoms with E-state index in [9.17, 15) is 4.79 Å². The summed E-state index contributed by atoms with van der Waals surface area (Å²) in [7, 11) is 0. The van der Waals surface area contributed by atoms with E-state index in [-0.39, 0.29) is 5.78 Å². The highest BCUT2D eigenvalue weighted by Gasteiger charge is 2.01. The highest BCUT2D eigenvalue weighted by atomic mass is 35.5. The Morgan fingerprint density at radius 2 is 1.76 bits per heavy atom. The number of hydrogen-bond donors (Lipinski definition) is 0. The number of ketones is 1. The molecule has 0 atom stereocenters. The molecule has 0 bridgehead atoms. The highest BCUT2D eigenvalue weighted by Crippen LogP contribution is 2.14. The fourth-order valence-corrected chi connectivity index (χ4v) is 1.86. The molecule has 17 heavy (non-hydrogen) atoms. The molecule has 2 aromatic rings. The van der Waals surface area contributed by atoms with E-state index in [1.807, 2.05) is 48.5 Å². The molecule has 0 saturated carbocycles. The van der Waals surface area contributed by atoms with E-state index in [1.165, 1.54) is 5.56 Å². The number of halogens is 1. The molecule has 0 aliphatic heterocycles. The van der Waals surface area contributed by atoms with E-state index in [4.69, 9.17) is 11.6 Å². The Labute approximate surface area is 106 Å². The van der Waals surface area contributed by atoms with Crippen molar-refractivity contribution >= 4 is 17.4 Å². The third-order valence-electron chi connectivity index (χ3n) is 2.66. The standard InChI is InChI=1S/C15H13ClO/c1-11(17)14-4-2-3-13(10-14)9-12-5-7-15(16)8-6-12/h2-8,10H,9H2,1H3.